The van der Waals surface area contributed by atoms with Crippen molar-refractivity contribution in [3.8, 4) is 0 Å². The highest BCUT2D eigenvalue weighted by Gasteiger charge is 2.32. The van der Waals surface area contributed by atoms with E-state index in [1.807, 2.05) is 0 Å². The lowest BCUT2D eigenvalue weighted by Crippen LogP contribution is -2.20. The lowest BCUT2D eigenvalue weighted by Gasteiger charge is -2.09. The normalized spacial score (nSPS) is 11.7. The highest BCUT2D eigenvalue weighted by molar-refractivity contribution is 5.84. The van der Waals surface area contributed by atoms with Crippen LogP contribution in [0.3, 0.4) is 0 Å². The molecule has 3 nitrogen and oxygen atoms in total. The fraction of sp³-hybridized carbons (Fsp3) is 0.125. The van der Waals surface area contributed by atoms with E-state index in [1.165, 1.54) is 42.5 Å². The van der Waals surface area contributed by atoms with Gasteiger partial charge in [-0.15, -0.1) is 0 Å². The third kappa shape index (κ3) is 4.91. The molecule has 0 heterocycles. The Kier molecular flexibility index (Phi) is 5.10. The van der Waals surface area contributed by atoms with Crippen LogP contribution in [0, 0.1) is 5.82 Å². The van der Waals surface area contributed by atoms with E-state index in [2.05, 4.69) is 10.5 Å². The minimum absolute atomic E-state index is 0.0570. The first-order valence-electron chi connectivity index (χ1n) is 6.59. The van der Waals surface area contributed by atoms with Gasteiger partial charge in [0.05, 0.1) is 18.2 Å². The molecule has 0 fully saturated rings. The van der Waals surface area contributed by atoms with Crippen LogP contribution in [0.1, 0.15) is 16.7 Å². The number of carbonyl (C=O) groups excluding carboxylic acids is 1. The van der Waals surface area contributed by atoms with E-state index < -0.39 is 23.5 Å². The number of nitrogens with one attached hydrogen (secondary N) is 1. The van der Waals surface area contributed by atoms with Crippen molar-refractivity contribution < 1.29 is 22.4 Å². The number of hydrogen-bond acceptors (Lipinski definition) is 2. The molecule has 2 aromatic rings. The monoisotopic (exact) mass is 324 g/mol. The zero-order chi connectivity index (χ0) is 16.9. The zero-order valence-electron chi connectivity index (χ0n) is 11.8. The van der Waals surface area contributed by atoms with Gasteiger partial charge in [-0.05, 0) is 23.8 Å². The number of nitrogens with zero attached hydrogens (tertiary/aromatic N) is 1. The van der Waals surface area contributed by atoms with Crippen molar-refractivity contribution in [3.63, 3.8) is 0 Å². The first-order valence-corrected chi connectivity index (χ1v) is 6.59. The molecule has 0 saturated carbocycles. The van der Waals surface area contributed by atoms with Crippen LogP contribution in [-0.2, 0) is 17.4 Å². The van der Waals surface area contributed by atoms with Gasteiger partial charge in [0.2, 0.25) is 5.91 Å². The zero-order valence-corrected chi connectivity index (χ0v) is 11.8. The molecule has 0 aliphatic carbocycles. The smallest absolute Gasteiger partial charge is 0.273 e. The maximum absolute atomic E-state index is 12.8. The molecule has 2 aromatic carbocycles. The third-order valence-electron chi connectivity index (χ3n) is 2.94. The Hall–Kier alpha value is -2.70. The summed E-state index contributed by atoms with van der Waals surface area (Å²) in [5.41, 5.74) is 1.72. The first-order chi connectivity index (χ1) is 10.9. The number of halogens is 4. The first kappa shape index (κ1) is 16.7. The fourth-order valence-electron chi connectivity index (χ4n) is 1.87. The highest BCUT2D eigenvalue weighted by Crippen LogP contribution is 2.30. The fourth-order valence-corrected chi connectivity index (χ4v) is 1.87. The van der Waals surface area contributed by atoms with Gasteiger partial charge in [-0.1, -0.05) is 30.3 Å². The van der Waals surface area contributed by atoms with Gasteiger partial charge in [0.25, 0.3) is 0 Å². The van der Waals surface area contributed by atoms with E-state index >= 15 is 0 Å². The van der Waals surface area contributed by atoms with E-state index in [9.17, 15) is 22.4 Å². The van der Waals surface area contributed by atoms with Crippen LogP contribution in [0.25, 0.3) is 0 Å². The summed E-state index contributed by atoms with van der Waals surface area (Å²) in [7, 11) is 0. The lowest BCUT2D eigenvalue weighted by atomic mass is 10.1. The number of rotatable bonds is 4. The summed E-state index contributed by atoms with van der Waals surface area (Å²) in [5.74, 6) is -0.937. The molecule has 0 unspecified atom stereocenters. The molecule has 0 aliphatic rings. The summed E-state index contributed by atoms with van der Waals surface area (Å²) in [6.45, 7) is 0. The van der Waals surface area contributed by atoms with Crippen LogP contribution < -0.4 is 5.43 Å². The summed E-state index contributed by atoms with van der Waals surface area (Å²) in [6.07, 6.45) is -3.62. The van der Waals surface area contributed by atoms with Gasteiger partial charge < -0.3 is 0 Å². The minimum atomic E-state index is -4.50. The molecule has 1 amide bonds. The molecule has 0 saturated heterocycles. The van der Waals surface area contributed by atoms with Crippen molar-refractivity contribution in [2.24, 2.45) is 5.10 Å². The predicted octanol–water partition coefficient (Wildman–Crippen LogP) is 3.54. The second-order valence-corrected chi connectivity index (χ2v) is 4.68. The summed E-state index contributed by atoms with van der Waals surface area (Å²) in [5, 5.41) is 3.53. The Morgan fingerprint density at radius 1 is 1.09 bits per heavy atom. The SMILES string of the molecule is O=C(Cc1ccc(F)cc1)N/N=C\c1ccccc1C(F)(F)F. The van der Waals surface area contributed by atoms with Gasteiger partial charge in [0.15, 0.2) is 0 Å². The Morgan fingerprint density at radius 2 is 1.74 bits per heavy atom. The number of amides is 1. The summed E-state index contributed by atoms with van der Waals surface area (Å²) in [6, 6.07) is 10.2. The molecular formula is C16H12F4N2O. The topological polar surface area (TPSA) is 41.5 Å². The maximum atomic E-state index is 12.8. The molecule has 0 bridgehead atoms. The van der Waals surface area contributed by atoms with Crippen molar-refractivity contribution >= 4 is 12.1 Å². The van der Waals surface area contributed by atoms with Crippen molar-refractivity contribution in [2.75, 3.05) is 0 Å². The number of carbonyl (C=O) groups is 1. The molecule has 7 heteroatoms. The molecule has 2 rings (SSSR count). The molecular weight excluding hydrogens is 312 g/mol. The van der Waals surface area contributed by atoms with Crippen molar-refractivity contribution in [1.82, 2.24) is 5.43 Å². The second kappa shape index (κ2) is 7.04. The van der Waals surface area contributed by atoms with Crippen molar-refractivity contribution in [2.45, 2.75) is 12.6 Å². The second-order valence-electron chi connectivity index (χ2n) is 4.68. The molecule has 0 aromatic heterocycles. The number of hydrazone groups is 1. The predicted molar refractivity (Wildman–Crippen MR) is 77.3 cm³/mol. The molecule has 0 aliphatic heterocycles. The molecule has 0 atom stereocenters. The largest absolute Gasteiger partial charge is 0.417 e. The standard InChI is InChI=1S/C16H12F4N2O/c17-13-7-5-11(6-8-13)9-15(23)22-21-10-12-3-1-2-4-14(12)16(18,19)20/h1-8,10H,9H2,(H,22,23)/b21-10-. The molecule has 1 N–H and O–H groups in total. The minimum Gasteiger partial charge on any atom is -0.273 e. The Labute approximate surface area is 129 Å². The van der Waals surface area contributed by atoms with Crippen LogP contribution in [0.15, 0.2) is 53.6 Å². The summed E-state index contributed by atoms with van der Waals surface area (Å²) >= 11 is 0. The van der Waals surface area contributed by atoms with Gasteiger partial charge in [-0.25, -0.2) is 9.82 Å². The van der Waals surface area contributed by atoms with Crippen LogP contribution in [0.5, 0.6) is 0 Å². The van der Waals surface area contributed by atoms with Gasteiger partial charge in [0, 0.05) is 5.56 Å². The summed E-state index contributed by atoms with van der Waals surface area (Å²) in [4.78, 5) is 11.6. The Morgan fingerprint density at radius 3 is 2.39 bits per heavy atom. The number of alkyl halides is 3. The van der Waals surface area contributed by atoms with Gasteiger partial charge in [-0.2, -0.15) is 18.3 Å². The van der Waals surface area contributed by atoms with E-state index in [4.69, 9.17) is 0 Å². The van der Waals surface area contributed by atoms with Crippen LogP contribution >= 0.6 is 0 Å². The van der Waals surface area contributed by atoms with E-state index in [0.717, 1.165) is 12.3 Å². The quantitative estimate of drug-likeness (QED) is 0.522. The van der Waals surface area contributed by atoms with Gasteiger partial charge in [0.1, 0.15) is 5.82 Å². The van der Waals surface area contributed by atoms with Crippen LogP contribution in [0.4, 0.5) is 17.6 Å². The average molecular weight is 324 g/mol. The molecule has 23 heavy (non-hydrogen) atoms. The molecule has 0 radical (unpaired) electrons. The molecule has 120 valence electrons. The average Bonchev–Trinajstić information content (AvgIpc) is 2.49. The summed E-state index contributed by atoms with van der Waals surface area (Å²) < 4.78 is 51.1. The Bertz CT molecular complexity index is 709. The van der Waals surface area contributed by atoms with Crippen LogP contribution in [0.2, 0.25) is 0 Å². The van der Waals surface area contributed by atoms with E-state index in [-0.39, 0.29) is 12.0 Å². The van der Waals surface area contributed by atoms with Crippen molar-refractivity contribution in [1.29, 1.82) is 0 Å². The number of hydrogen-bond donors (Lipinski definition) is 1. The van der Waals surface area contributed by atoms with Crippen LogP contribution in [-0.4, -0.2) is 12.1 Å². The van der Waals surface area contributed by atoms with E-state index in [1.54, 1.807) is 0 Å². The van der Waals surface area contributed by atoms with Crippen molar-refractivity contribution in [3.05, 3.63) is 71.0 Å². The third-order valence-corrected chi connectivity index (χ3v) is 2.94. The van der Waals surface area contributed by atoms with Gasteiger partial charge >= 0.3 is 6.18 Å². The van der Waals surface area contributed by atoms with Gasteiger partial charge in [-0.3, -0.25) is 4.79 Å². The highest BCUT2D eigenvalue weighted by atomic mass is 19.4. The lowest BCUT2D eigenvalue weighted by molar-refractivity contribution is -0.137. The number of benzene rings is 2. The maximum Gasteiger partial charge on any atom is 0.417 e. The molecule has 0 spiro atoms. The van der Waals surface area contributed by atoms with E-state index in [0.29, 0.717) is 5.56 Å². The Balaban J connectivity index is 1.99.